The van der Waals surface area contributed by atoms with Crippen molar-refractivity contribution in [2.45, 2.75) is 46.1 Å². The third-order valence-corrected chi connectivity index (χ3v) is 4.81. The Kier molecular flexibility index (Phi) is 5.95. The molecule has 0 unspecified atom stereocenters. The molecule has 0 spiro atoms. The average Bonchev–Trinajstić information content (AvgIpc) is 2.67. The molecule has 1 nitrogen and oxygen atoms in total. The first kappa shape index (κ1) is 19.2. The Labute approximate surface area is 161 Å². The number of hydrogen-bond donors (Lipinski definition) is 0. The van der Waals surface area contributed by atoms with E-state index in [-0.39, 0.29) is 5.82 Å². The van der Waals surface area contributed by atoms with Crippen LogP contribution < -0.4 is 4.74 Å². The predicted octanol–water partition coefficient (Wildman–Crippen LogP) is 7.32. The second-order valence-electron chi connectivity index (χ2n) is 7.58. The SMILES string of the molecule is CC(C)c1cc(-c2ccc(F)cc2)c(OCc2ccccc2)c(C(C)C)c1. The highest BCUT2D eigenvalue weighted by atomic mass is 19.1. The van der Waals surface area contributed by atoms with Gasteiger partial charge in [0.2, 0.25) is 0 Å². The summed E-state index contributed by atoms with van der Waals surface area (Å²) in [7, 11) is 0. The van der Waals surface area contributed by atoms with Crippen LogP contribution in [0.4, 0.5) is 4.39 Å². The summed E-state index contributed by atoms with van der Waals surface area (Å²) in [6.07, 6.45) is 0. The topological polar surface area (TPSA) is 9.23 Å². The van der Waals surface area contributed by atoms with Gasteiger partial charge in [-0.05, 0) is 52.3 Å². The monoisotopic (exact) mass is 362 g/mol. The van der Waals surface area contributed by atoms with Gasteiger partial charge in [0, 0.05) is 5.56 Å². The van der Waals surface area contributed by atoms with Crippen molar-refractivity contribution >= 4 is 0 Å². The van der Waals surface area contributed by atoms with E-state index in [4.69, 9.17) is 4.74 Å². The van der Waals surface area contributed by atoms with Crippen molar-refractivity contribution in [3.05, 3.63) is 89.2 Å². The Hall–Kier alpha value is -2.61. The Morgan fingerprint density at radius 1 is 0.815 bits per heavy atom. The highest BCUT2D eigenvalue weighted by Crippen LogP contribution is 2.40. The van der Waals surface area contributed by atoms with E-state index >= 15 is 0 Å². The molecule has 0 N–H and O–H groups in total. The number of hydrogen-bond acceptors (Lipinski definition) is 1. The minimum Gasteiger partial charge on any atom is -0.488 e. The molecule has 0 fully saturated rings. The van der Waals surface area contributed by atoms with Crippen molar-refractivity contribution in [3.8, 4) is 16.9 Å². The van der Waals surface area contributed by atoms with Gasteiger partial charge in [0.15, 0.2) is 0 Å². The molecule has 0 saturated heterocycles. The molecule has 3 aromatic carbocycles. The fourth-order valence-electron chi connectivity index (χ4n) is 3.17. The van der Waals surface area contributed by atoms with Gasteiger partial charge in [0.05, 0.1) is 0 Å². The summed E-state index contributed by atoms with van der Waals surface area (Å²) in [6.45, 7) is 9.26. The van der Waals surface area contributed by atoms with Crippen LogP contribution in [-0.4, -0.2) is 0 Å². The first-order valence-corrected chi connectivity index (χ1v) is 9.56. The zero-order valence-corrected chi connectivity index (χ0v) is 16.5. The molecule has 0 saturated carbocycles. The quantitative estimate of drug-likeness (QED) is 0.446. The number of rotatable bonds is 6. The first-order chi connectivity index (χ1) is 13.0. The maximum Gasteiger partial charge on any atom is 0.131 e. The molecule has 0 atom stereocenters. The molecule has 0 aromatic heterocycles. The van der Waals surface area contributed by atoms with Gasteiger partial charge >= 0.3 is 0 Å². The Morgan fingerprint density at radius 2 is 1.48 bits per heavy atom. The molecule has 140 valence electrons. The fraction of sp³-hybridized carbons (Fsp3) is 0.280. The maximum absolute atomic E-state index is 13.5. The Bertz CT molecular complexity index is 880. The van der Waals surface area contributed by atoms with E-state index in [9.17, 15) is 4.39 Å². The third kappa shape index (κ3) is 4.57. The number of halogens is 1. The second-order valence-corrected chi connectivity index (χ2v) is 7.58. The standard InChI is InChI=1S/C25H27FO/c1-17(2)21-14-23(18(3)4)25(27-16-19-8-6-5-7-9-19)24(15-21)20-10-12-22(26)13-11-20/h5-15,17-18H,16H2,1-4H3. The lowest BCUT2D eigenvalue weighted by Gasteiger charge is -2.21. The van der Waals surface area contributed by atoms with Gasteiger partial charge in [0.1, 0.15) is 18.2 Å². The molecule has 0 bridgehead atoms. The highest BCUT2D eigenvalue weighted by molar-refractivity contribution is 5.73. The lowest BCUT2D eigenvalue weighted by atomic mass is 9.89. The summed E-state index contributed by atoms with van der Waals surface area (Å²) in [5.41, 5.74) is 5.59. The van der Waals surface area contributed by atoms with Gasteiger partial charge in [-0.25, -0.2) is 4.39 Å². The van der Waals surface area contributed by atoms with Gasteiger partial charge in [-0.1, -0.05) is 76.2 Å². The molecule has 0 aliphatic carbocycles. The zero-order valence-electron chi connectivity index (χ0n) is 16.5. The van der Waals surface area contributed by atoms with Crippen LogP contribution in [0, 0.1) is 5.82 Å². The van der Waals surface area contributed by atoms with Crippen LogP contribution in [0.3, 0.4) is 0 Å². The van der Waals surface area contributed by atoms with E-state index in [0.29, 0.717) is 18.4 Å². The van der Waals surface area contributed by atoms with Crippen LogP contribution in [-0.2, 0) is 6.61 Å². The van der Waals surface area contributed by atoms with E-state index in [1.807, 2.05) is 30.3 Å². The lowest BCUT2D eigenvalue weighted by molar-refractivity contribution is 0.303. The minimum absolute atomic E-state index is 0.227. The molecule has 0 aliphatic heterocycles. The number of benzene rings is 3. The molecule has 3 aromatic rings. The lowest BCUT2D eigenvalue weighted by Crippen LogP contribution is -2.04. The summed E-state index contributed by atoms with van der Waals surface area (Å²) >= 11 is 0. The molecule has 0 amide bonds. The molecular weight excluding hydrogens is 335 g/mol. The van der Waals surface area contributed by atoms with Crippen molar-refractivity contribution in [1.82, 2.24) is 0 Å². The number of ether oxygens (including phenoxy) is 1. The molecule has 2 heteroatoms. The van der Waals surface area contributed by atoms with E-state index in [1.54, 1.807) is 0 Å². The van der Waals surface area contributed by atoms with Crippen LogP contribution in [0.1, 0.15) is 56.2 Å². The molecule has 0 heterocycles. The second kappa shape index (κ2) is 8.39. The van der Waals surface area contributed by atoms with Crippen LogP contribution in [0.15, 0.2) is 66.7 Å². The van der Waals surface area contributed by atoms with E-state index in [0.717, 1.165) is 22.4 Å². The fourth-order valence-corrected chi connectivity index (χ4v) is 3.17. The zero-order chi connectivity index (χ0) is 19.4. The van der Waals surface area contributed by atoms with Crippen LogP contribution in [0.25, 0.3) is 11.1 Å². The maximum atomic E-state index is 13.5. The van der Waals surface area contributed by atoms with Crippen molar-refractivity contribution < 1.29 is 9.13 Å². The summed E-state index contributed by atoms with van der Waals surface area (Å²) in [5, 5.41) is 0. The van der Waals surface area contributed by atoms with E-state index in [1.165, 1.54) is 23.3 Å². The van der Waals surface area contributed by atoms with E-state index < -0.39 is 0 Å². The normalized spacial score (nSPS) is 11.2. The Morgan fingerprint density at radius 3 is 2.07 bits per heavy atom. The molecule has 0 aliphatic rings. The van der Waals surface area contributed by atoms with Crippen LogP contribution >= 0.6 is 0 Å². The van der Waals surface area contributed by atoms with Gasteiger partial charge < -0.3 is 4.74 Å². The van der Waals surface area contributed by atoms with Gasteiger partial charge in [0.25, 0.3) is 0 Å². The summed E-state index contributed by atoms with van der Waals surface area (Å²) in [5.74, 6) is 1.40. The molecule has 27 heavy (non-hydrogen) atoms. The summed E-state index contributed by atoms with van der Waals surface area (Å²) < 4.78 is 19.8. The van der Waals surface area contributed by atoms with Crippen LogP contribution in [0.5, 0.6) is 5.75 Å². The summed E-state index contributed by atoms with van der Waals surface area (Å²) in [4.78, 5) is 0. The van der Waals surface area contributed by atoms with Crippen molar-refractivity contribution in [2.24, 2.45) is 0 Å². The van der Waals surface area contributed by atoms with Gasteiger partial charge in [-0.15, -0.1) is 0 Å². The minimum atomic E-state index is -0.227. The molecule has 3 rings (SSSR count). The average molecular weight is 362 g/mol. The predicted molar refractivity (Wildman–Crippen MR) is 111 cm³/mol. The molecule has 0 radical (unpaired) electrons. The summed E-state index contributed by atoms with van der Waals surface area (Å²) in [6, 6.07) is 21.3. The highest BCUT2D eigenvalue weighted by Gasteiger charge is 2.18. The Balaban J connectivity index is 2.10. The molecular formula is C25H27FO. The smallest absolute Gasteiger partial charge is 0.131 e. The van der Waals surface area contributed by atoms with Gasteiger partial charge in [-0.2, -0.15) is 0 Å². The van der Waals surface area contributed by atoms with Crippen molar-refractivity contribution in [3.63, 3.8) is 0 Å². The van der Waals surface area contributed by atoms with Gasteiger partial charge in [-0.3, -0.25) is 0 Å². The third-order valence-electron chi connectivity index (χ3n) is 4.81. The largest absolute Gasteiger partial charge is 0.488 e. The van der Waals surface area contributed by atoms with E-state index in [2.05, 4.69) is 52.0 Å². The van der Waals surface area contributed by atoms with Crippen molar-refractivity contribution in [2.75, 3.05) is 0 Å². The first-order valence-electron chi connectivity index (χ1n) is 9.56. The van der Waals surface area contributed by atoms with Crippen LogP contribution in [0.2, 0.25) is 0 Å². The van der Waals surface area contributed by atoms with Crippen molar-refractivity contribution in [1.29, 1.82) is 0 Å².